The predicted octanol–water partition coefficient (Wildman–Crippen LogP) is 1.20. The van der Waals surface area contributed by atoms with Crippen molar-refractivity contribution in [2.75, 3.05) is 24.7 Å². The molecular formula is C14H19NO4. The summed E-state index contributed by atoms with van der Waals surface area (Å²) in [5.74, 6) is 0.550. The van der Waals surface area contributed by atoms with Crippen molar-refractivity contribution in [1.82, 2.24) is 0 Å². The number of morpholine rings is 1. The van der Waals surface area contributed by atoms with Crippen LogP contribution in [0.15, 0.2) is 24.3 Å². The Balaban J connectivity index is 2.26. The fourth-order valence-electron chi connectivity index (χ4n) is 2.00. The van der Waals surface area contributed by atoms with Crippen LogP contribution in [0.3, 0.4) is 0 Å². The molecule has 5 heteroatoms. The van der Waals surface area contributed by atoms with E-state index in [-0.39, 0.29) is 31.3 Å². The van der Waals surface area contributed by atoms with Crippen LogP contribution < -0.4 is 9.64 Å². The molecule has 1 atom stereocenters. The fourth-order valence-corrected chi connectivity index (χ4v) is 2.00. The molecule has 0 radical (unpaired) electrons. The second-order valence-electron chi connectivity index (χ2n) is 4.75. The number of benzene rings is 1. The summed E-state index contributed by atoms with van der Waals surface area (Å²) in [6.07, 6.45) is -0.310. The second kappa shape index (κ2) is 6.04. The van der Waals surface area contributed by atoms with Crippen LogP contribution in [0, 0.1) is 0 Å². The van der Waals surface area contributed by atoms with Gasteiger partial charge < -0.3 is 19.5 Å². The van der Waals surface area contributed by atoms with Gasteiger partial charge in [0.1, 0.15) is 12.4 Å². The average Bonchev–Trinajstić information content (AvgIpc) is 2.40. The monoisotopic (exact) mass is 265 g/mol. The molecule has 1 aliphatic rings. The molecule has 0 aliphatic carbocycles. The van der Waals surface area contributed by atoms with E-state index in [1.165, 1.54) is 0 Å². The van der Waals surface area contributed by atoms with Gasteiger partial charge in [0.25, 0.3) is 5.91 Å². The number of rotatable bonds is 4. The van der Waals surface area contributed by atoms with Crippen molar-refractivity contribution >= 4 is 11.6 Å². The summed E-state index contributed by atoms with van der Waals surface area (Å²) in [5, 5.41) is 9.16. The third kappa shape index (κ3) is 3.24. The van der Waals surface area contributed by atoms with Crippen LogP contribution in [-0.4, -0.2) is 43.0 Å². The van der Waals surface area contributed by atoms with Crippen LogP contribution in [-0.2, 0) is 9.53 Å². The molecule has 1 N–H and O–H groups in total. The highest BCUT2D eigenvalue weighted by Crippen LogP contribution is 2.30. The Bertz CT molecular complexity index is 447. The van der Waals surface area contributed by atoms with E-state index < -0.39 is 0 Å². The molecule has 1 fully saturated rings. The van der Waals surface area contributed by atoms with Gasteiger partial charge in [-0.25, -0.2) is 0 Å². The van der Waals surface area contributed by atoms with Gasteiger partial charge in [0.2, 0.25) is 0 Å². The molecule has 5 nitrogen and oxygen atoms in total. The molecule has 1 unspecified atom stereocenters. The lowest BCUT2D eigenvalue weighted by atomic mass is 10.2. The number of carbonyl (C=O) groups is 1. The van der Waals surface area contributed by atoms with E-state index in [4.69, 9.17) is 14.6 Å². The first-order valence-electron chi connectivity index (χ1n) is 6.40. The van der Waals surface area contributed by atoms with Crippen molar-refractivity contribution in [1.29, 1.82) is 0 Å². The van der Waals surface area contributed by atoms with E-state index in [1.54, 1.807) is 4.90 Å². The first-order chi connectivity index (χ1) is 9.11. The number of para-hydroxylation sites is 2. The molecule has 1 aromatic rings. The summed E-state index contributed by atoms with van der Waals surface area (Å²) in [6, 6.07) is 7.41. The quantitative estimate of drug-likeness (QED) is 0.888. The molecule has 1 heterocycles. The number of ether oxygens (including phenoxy) is 2. The largest absolute Gasteiger partial charge is 0.489 e. The van der Waals surface area contributed by atoms with Gasteiger partial charge in [-0.1, -0.05) is 12.1 Å². The third-order valence-corrected chi connectivity index (χ3v) is 2.85. The lowest BCUT2D eigenvalue weighted by Gasteiger charge is -2.33. The lowest BCUT2D eigenvalue weighted by molar-refractivity contribution is -0.130. The van der Waals surface area contributed by atoms with Crippen LogP contribution >= 0.6 is 0 Å². The molecule has 1 aliphatic heterocycles. The number of aliphatic hydroxyl groups is 1. The highest BCUT2D eigenvalue weighted by molar-refractivity contribution is 5.96. The summed E-state index contributed by atoms with van der Waals surface area (Å²) >= 11 is 0. The van der Waals surface area contributed by atoms with Crippen molar-refractivity contribution in [2.24, 2.45) is 0 Å². The highest BCUT2D eigenvalue weighted by Gasteiger charge is 2.28. The zero-order valence-corrected chi connectivity index (χ0v) is 11.2. The molecule has 0 aromatic heterocycles. The Morgan fingerprint density at radius 3 is 2.89 bits per heavy atom. The Kier molecular flexibility index (Phi) is 4.39. The normalized spacial score (nSPS) is 19.9. The second-order valence-corrected chi connectivity index (χ2v) is 4.75. The molecule has 104 valence electrons. The summed E-state index contributed by atoms with van der Waals surface area (Å²) in [7, 11) is 0. The molecule has 1 saturated heterocycles. The van der Waals surface area contributed by atoms with Crippen LogP contribution in [0.25, 0.3) is 0 Å². The van der Waals surface area contributed by atoms with E-state index in [9.17, 15) is 4.79 Å². The number of amides is 1. The summed E-state index contributed by atoms with van der Waals surface area (Å²) < 4.78 is 10.9. The van der Waals surface area contributed by atoms with Gasteiger partial charge in [0.05, 0.1) is 31.0 Å². The average molecular weight is 265 g/mol. The standard InChI is InChI=1S/C14H19NO4/c1-10(2)19-13-6-4-3-5-12(13)15-7-11(8-16)18-9-14(15)17/h3-6,10-11,16H,7-9H2,1-2H3. The first kappa shape index (κ1) is 13.8. The summed E-state index contributed by atoms with van der Waals surface area (Å²) in [5.41, 5.74) is 0.725. The topological polar surface area (TPSA) is 59.0 Å². The zero-order chi connectivity index (χ0) is 13.8. The minimum absolute atomic E-state index is 0.0127. The van der Waals surface area contributed by atoms with Crippen LogP contribution in [0.1, 0.15) is 13.8 Å². The van der Waals surface area contributed by atoms with Crippen molar-refractivity contribution in [3.05, 3.63) is 24.3 Å². The van der Waals surface area contributed by atoms with E-state index >= 15 is 0 Å². The zero-order valence-electron chi connectivity index (χ0n) is 11.2. The van der Waals surface area contributed by atoms with Gasteiger partial charge in [0.15, 0.2) is 0 Å². The Hall–Kier alpha value is -1.59. The van der Waals surface area contributed by atoms with Gasteiger partial charge in [-0.2, -0.15) is 0 Å². The van der Waals surface area contributed by atoms with E-state index in [0.717, 1.165) is 5.69 Å². The number of anilines is 1. The lowest BCUT2D eigenvalue weighted by Crippen LogP contribution is -2.48. The van der Waals surface area contributed by atoms with Gasteiger partial charge in [-0.05, 0) is 26.0 Å². The van der Waals surface area contributed by atoms with Gasteiger partial charge in [-0.15, -0.1) is 0 Å². The Morgan fingerprint density at radius 1 is 1.47 bits per heavy atom. The molecule has 0 spiro atoms. The predicted molar refractivity (Wildman–Crippen MR) is 71.4 cm³/mol. The van der Waals surface area contributed by atoms with Crippen LogP contribution in [0.2, 0.25) is 0 Å². The Morgan fingerprint density at radius 2 is 2.21 bits per heavy atom. The maximum absolute atomic E-state index is 12.0. The fraction of sp³-hybridized carbons (Fsp3) is 0.500. The van der Waals surface area contributed by atoms with Gasteiger partial charge >= 0.3 is 0 Å². The van der Waals surface area contributed by atoms with Crippen molar-refractivity contribution < 1.29 is 19.4 Å². The maximum Gasteiger partial charge on any atom is 0.253 e. The molecular weight excluding hydrogens is 246 g/mol. The number of carbonyl (C=O) groups excluding carboxylic acids is 1. The molecule has 1 aromatic carbocycles. The SMILES string of the molecule is CC(C)Oc1ccccc1N1CC(CO)OCC1=O. The number of aliphatic hydroxyl groups excluding tert-OH is 1. The maximum atomic E-state index is 12.0. The van der Waals surface area contributed by atoms with E-state index in [1.807, 2.05) is 38.1 Å². The van der Waals surface area contributed by atoms with Crippen molar-refractivity contribution in [3.8, 4) is 5.75 Å². The summed E-state index contributed by atoms with van der Waals surface area (Å²) in [6.45, 7) is 4.11. The first-order valence-corrected chi connectivity index (χ1v) is 6.40. The van der Waals surface area contributed by atoms with Gasteiger partial charge in [-0.3, -0.25) is 4.79 Å². The van der Waals surface area contributed by atoms with E-state index in [0.29, 0.717) is 12.3 Å². The van der Waals surface area contributed by atoms with Crippen molar-refractivity contribution in [3.63, 3.8) is 0 Å². The smallest absolute Gasteiger partial charge is 0.253 e. The van der Waals surface area contributed by atoms with Crippen molar-refractivity contribution in [2.45, 2.75) is 26.1 Å². The number of nitrogens with zero attached hydrogens (tertiary/aromatic N) is 1. The highest BCUT2D eigenvalue weighted by atomic mass is 16.5. The molecule has 1 amide bonds. The van der Waals surface area contributed by atoms with Gasteiger partial charge in [0, 0.05) is 0 Å². The minimum atomic E-state index is -0.343. The molecule has 19 heavy (non-hydrogen) atoms. The molecule has 0 saturated carbocycles. The number of hydrogen-bond acceptors (Lipinski definition) is 4. The van der Waals surface area contributed by atoms with Crippen LogP contribution in [0.4, 0.5) is 5.69 Å². The van der Waals surface area contributed by atoms with Crippen LogP contribution in [0.5, 0.6) is 5.75 Å². The minimum Gasteiger partial charge on any atom is -0.489 e. The summed E-state index contributed by atoms with van der Waals surface area (Å²) in [4.78, 5) is 13.6. The van der Waals surface area contributed by atoms with E-state index in [2.05, 4.69) is 0 Å². The molecule has 0 bridgehead atoms. The third-order valence-electron chi connectivity index (χ3n) is 2.85. The molecule has 2 rings (SSSR count). The number of hydrogen-bond donors (Lipinski definition) is 1. The Labute approximate surface area is 112 Å².